The van der Waals surface area contributed by atoms with Gasteiger partial charge in [0.05, 0.1) is 4.87 Å². The van der Waals surface area contributed by atoms with Crippen LogP contribution in [0.5, 0.6) is 0 Å². The second-order valence-electron chi connectivity index (χ2n) is 5.04. The van der Waals surface area contributed by atoms with Crippen LogP contribution < -0.4 is 10.6 Å². The number of thioether (sulfide) groups is 1. The minimum absolute atomic E-state index is 0.0644. The van der Waals surface area contributed by atoms with Crippen molar-refractivity contribution >= 4 is 29.5 Å². The van der Waals surface area contributed by atoms with Gasteiger partial charge in [0.2, 0.25) is 17.7 Å². The molecule has 3 amide bonds. The van der Waals surface area contributed by atoms with E-state index in [2.05, 4.69) is 10.6 Å². The van der Waals surface area contributed by atoms with E-state index in [1.54, 1.807) is 16.7 Å². The first-order valence-corrected chi connectivity index (χ1v) is 7.41. The lowest BCUT2D eigenvalue weighted by Gasteiger charge is -2.29. The molecule has 2 fully saturated rings. The molecule has 2 aliphatic heterocycles. The Hall–Kier alpha value is -1.24. The lowest BCUT2D eigenvalue weighted by molar-refractivity contribution is -0.137. The Kier molecular flexibility index (Phi) is 4.03. The van der Waals surface area contributed by atoms with E-state index < -0.39 is 0 Å². The number of fused-ring (bicyclic) bond motifs is 1. The van der Waals surface area contributed by atoms with Crippen LogP contribution in [0.3, 0.4) is 0 Å². The number of rotatable bonds is 4. The fraction of sp³-hybridized carbons (Fsp3) is 0.750. The van der Waals surface area contributed by atoms with Crippen molar-refractivity contribution in [3.05, 3.63) is 0 Å². The van der Waals surface area contributed by atoms with Crippen molar-refractivity contribution in [1.29, 1.82) is 0 Å². The molecule has 6 nitrogen and oxygen atoms in total. The molecular weight excluding hydrogens is 266 g/mol. The molecule has 0 aromatic heterocycles. The Bertz CT molecular complexity index is 415. The second-order valence-corrected chi connectivity index (χ2v) is 6.54. The minimum Gasteiger partial charge on any atom is -0.355 e. The van der Waals surface area contributed by atoms with E-state index in [1.165, 1.54) is 6.92 Å². The Labute approximate surface area is 116 Å². The number of nitrogens with one attached hydrogen (secondary N) is 2. The molecule has 2 N–H and O–H groups in total. The molecule has 0 spiro atoms. The molecule has 106 valence electrons. The van der Waals surface area contributed by atoms with Gasteiger partial charge in [0.1, 0.15) is 6.04 Å². The molecule has 2 saturated heterocycles. The van der Waals surface area contributed by atoms with Gasteiger partial charge >= 0.3 is 0 Å². The highest BCUT2D eigenvalue weighted by Gasteiger charge is 2.52. The molecule has 2 aliphatic rings. The van der Waals surface area contributed by atoms with Crippen molar-refractivity contribution in [3.63, 3.8) is 0 Å². The van der Waals surface area contributed by atoms with Gasteiger partial charge in [0.25, 0.3) is 0 Å². The number of hydrogen-bond acceptors (Lipinski definition) is 4. The summed E-state index contributed by atoms with van der Waals surface area (Å²) in [5.41, 5.74) is 0. The van der Waals surface area contributed by atoms with Gasteiger partial charge in [-0.15, -0.1) is 11.8 Å². The summed E-state index contributed by atoms with van der Waals surface area (Å²) in [7, 11) is 0. The zero-order chi connectivity index (χ0) is 14.0. The van der Waals surface area contributed by atoms with Gasteiger partial charge < -0.3 is 15.5 Å². The summed E-state index contributed by atoms with van der Waals surface area (Å²) in [6, 6.07) is -0.373. The number of amides is 3. The molecule has 2 heterocycles. The summed E-state index contributed by atoms with van der Waals surface area (Å²) >= 11 is 1.67. The predicted octanol–water partition coefficient (Wildman–Crippen LogP) is -0.307. The quantitative estimate of drug-likeness (QED) is 0.695. The maximum Gasteiger partial charge on any atom is 0.243 e. The van der Waals surface area contributed by atoms with Gasteiger partial charge in [-0.2, -0.15) is 0 Å². The average molecular weight is 285 g/mol. The van der Waals surface area contributed by atoms with Crippen molar-refractivity contribution < 1.29 is 14.4 Å². The van der Waals surface area contributed by atoms with Crippen molar-refractivity contribution in [3.8, 4) is 0 Å². The standard InChI is InChI=1S/C12H19N3O3S/c1-8(16)13-5-6-14-11(18)9-7-19-12(2)4-3-10(17)15(9)12/h9H,3-7H2,1-2H3,(H,13,16)(H,14,18)/t9-,12+/m1/s1. The molecule has 0 aromatic rings. The Morgan fingerprint density at radius 1 is 1.42 bits per heavy atom. The van der Waals surface area contributed by atoms with Crippen molar-refractivity contribution in [2.75, 3.05) is 18.8 Å². The Balaban J connectivity index is 1.86. The largest absolute Gasteiger partial charge is 0.355 e. The summed E-state index contributed by atoms with van der Waals surface area (Å²) in [6.45, 7) is 4.25. The number of carbonyl (C=O) groups is 3. The van der Waals surface area contributed by atoms with Crippen molar-refractivity contribution in [1.82, 2.24) is 15.5 Å². The van der Waals surface area contributed by atoms with Gasteiger partial charge in [0, 0.05) is 32.2 Å². The zero-order valence-corrected chi connectivity index (χ0v) is 12.0. The van der Waals surface area contributed by atoms with Gasteiger partial charge in [-0.1, -0.05) is 0 Å². The molecule has 0 radical (unpaired) electrons. The number of nitrogens with zero attached hydrogens (tertiary/aromatic N) is 1. The third-order valence-electron chi connectivity index (χ3n) is 3.55. The van der Waals surface area contributed by atoms with E-state index in [-0.39, 0.29) is 28.6 Å². The maximum atomic E-state index is 12.1. The lowest BCUT2D eigenvalue weighted by Crippen LogP contribution is -2.51. The molecule has 2 atom stereocenters. The highest BCUT2D eigenvalue weighted by atomic mass is 32.2. The van der Waals surface area contributed by atoms with Crippen LogP contribution in [0.15, 0.2) is 0 Å². The molecular formula is C12H19N3O3S. The third kappa shape index (κ3) is 2.86. The van der Waals surface area contributed by atoms with E-state index in [9.17, 15) is 14.4 Å². The summed E-state index contributed by atoms with van der Waals surface area (Å²) in [6.07, 6.45) is 1.34. The molecule has 0 unspecified atom stereocenters. The van der Waals surface area contributed by atoms with E-state index >= 15 is 0 Å². The second kappa shape index (κ2) is 5.40. The SMILES string of the molecule is CC(=O)NCCNC(=O)[C@H]1CS[C@@]2(C)CCC(=O)N12. The van der Waals surface area contributed by atoms with Crippen molar-refractivity contribution in [2.24, 2.45) is 0 Å². The molecule has 19 heavy (non-hydrogen) atoms. The van der Waals surface area contributed by atoms with Crippen LogP contribution in [0.4, 0.5) is 0 Å². The topological polar surface area (TPSA) is 78.5 Å². The minimum atomic E-state index is -0.373. The zero-order valence-electron chi connectivity index (χ0n) is 11.2. The smallest absolute Gasteiger partial charge is 0.243 e. The van der Waals surface area contributed by atoms with E-state index in [0.29, 0.717) is 25.3 Å². The first-order valence-electron chi connectivity index (χ1n) is 6.42. The Morgan fingerprint density at radius 3 is 2.79 bits per heavy atom. The normalized spacial score (nSPS) is 29.3. The number of carbonyl (C=O) groups excluding carboxylic acids is 3. The third-order valence-corrected chi connectivity index (χ3v) is 5.05. The fourth-order valence-corrected chi connectivity index (χ4v) is 3.99. The van der Waals surface area contributed by atoms with Crippen LogP contribution >= 0.6 is 11.8 Å². The highest BCUT2D eigenvalue weighted by Crippen LogP contribution is 2.47. The van der Waals surface area contributed by atoms with Crippen LogP contribution in [-0.4, -0.2) is 52.4 Å². The molecule has 0 saturated carbocycles. The van der Waals surface area contributed by atoms with Gasteiger partial charge in [-0.3, -0.25) is 14.4 Å². The summed E-state index contributed by atoms with van der Waals surface area (Å²) in [4.78, 5) is 36.2. The molecule has 2 rings (SSSR count). The van der Waals surface area contributed by atoms with Crippen LogP contribution in [0.25, 0.3) is 0 Å². The average Bonchev–Trinajstić information content (AvgIpc) is 2.82. The van der Waals surface area contributed by atoms with Gasteiger partial charge in [0.15, 0.2) is 0 Å². The van der Waals surface area contributed by atoms with Crippen molar-refractivity contribution in [2.45, 2.75) is 37.6 Å². The summed E-state index contributed by atoms with van der Waals surface area (Å²) < 4.78 is 0. The fourth-order valence-electron chi connectivity index (χ4n) is 2.56. The molecule has 0 aromatic carbocycles. The van der Waals surface area contributed by atoms with E-state index in [0.717, 1.165) is 6.42 Å². The first kappa shape index (κ1) is 14.2. The van der Waals surface area contributed by atoms with E-state index in [4.69, 9.17) is 0 Å². The molecule has 0 aliphatic carbocycles. The van der Waals surface area contributed by atoms with Gasteiger partial charge in [-0.25, -0.2) is 0 Å². The monoisotopic (exact) mass is 285 g/mol. The van der Waals surface area contributed by atoms with Crippen LogP contribution in [0.2, 0.25) is 0 Å². The van der Waals surface area contributed by atoms with Crippen LogP contribution in [0, 0.1) is 0 Å². The maximum absolute atomic E-state index is 12.1. The lowest BCUT2D eigenvalue weighted by atomic mass is 10.2. The van der Waals surface area contributed by atoms with Crippen LogP contribution in [0.1, 0.15) is 26.7 Å². The molecule has 0 bridgehead atoms. The van der Waals surface area contributed by atoms with Crippen LogP contribution in [-0.2, 0) is 14.4 Å². The Morgan fingerprint density at radius 2 is 2.11 bits per heavy atom. The van der Waals surface area contributed by atoms with Gasteiger partial charge in [-0.05, 0) is 13.3 Å². The van der Waals surface area contributed by atoms with E-state index in [1.807, 2.05) is 6.92 Å². The predicted molar refractivity (Wildman–Crippen MR) is 72.4 cm³/mol. The first-order chi connectivity index (χ1) is 8.94. The molecule has 7 heteroatoms. The highest BCUT2D eigenvalue weighted by molar-refractivity contribution is 8.01. The number of hydrogen-bond donors (Lipinski definition) is 2. The summed E-state index contributed by atoms with van der Waals surface area (Å²) in [5, 5.41) is 5.38. The summed E-state index contributed by atoms with van der Waals surface area (Å²) in [5.74, 6) is 0.466.